The van der Waals surface area contributed by atoms with Crippen molar-refractivity contribution in [1.82, 2.24) is 4.90 Å². The summed E-state index contributed by atoms with van der Waals surface area (Å²) in [7, 11) is 0. The predicted octanol–water partition coefficient (Wildman–Crippen LogP) is 2.32. The van der Waals surface area contributed by atoms with E-state index in [1.807, 2.05) is 6.08 Å². The maximum absolute atomic E-state index is 10.8. The number of rotatable bonds is 9. The molecular weight excluding hydrogens is 200 g/mol. The van der Waals surface area contributed by atoms with Crippen LogP contribution in [0, 0.1) is 0 Å². The van der Waals surface area contributed by atoms with E-state index >= 15 is 0 Å². The summed E-state index contributed by atoms with van der Waals surface area (Å²) in [5, 5.41) is 0. The minimum absolute atomic E-state index is 0.307. The van der Waals surface area contributed by atoms with Crippen LogP contribution in [-0.4, -0.2) is 30.4 Å². The van der Waals surface area contributed by atoms with Gasteiger partial charge in [0, 0.05) is 5.57 Å². The van der Waals surface area contributed by atoms with Gasteiger partial charge in [-0.25, -0.2) is 0 Å². The number of allylic oxidation sites excluding steroid dienone is 1. The van der Waals surface area contributed by atoms with Crippen molar-refractivity contribution in [3.05, 3.63) is 11.6 Å². The third-order valence-electron chi connectivity index (χ3n) is 2.60. The van der Waals surface area contributed by atoms with Gasteiger partial charge in [-0.2, -0.15) is 0 Å². The molecule has 94 valence electrons. The van der Waals surface area contributed by atoms with E-state index < -0.39 is 0 Å². The first-order valence-electron chi connectivity index (χ1n) is 6.30. The first-order valence-corrected chi connectivity index (χ1v) is 6.30. The highest BCUT2D eigenvalue weighted by Gasteiger charge is 2.01. The fraction of sp³-hybridized carbons (Fsp3) is 0.769. The van der Waals surface area contributed by atoms with Crippen LogP contribution in [0.15, 0.2) is 11.6 Å². The lowest BCUT2D eigenvalue weighted by molar-refractivity contribution is -0.114. The number of nitrogens with two attached hydrogens (primary N) is 1. The van der Waals surface area contributed by atoms with Gasteiger partial charge in [0.25, 0.3) is 0 Å². The van der Waals surface area contributed by atoms with E-state index in [-0.39, 0.29) is 5.91 Å². The van der Waals surface area contributed by atoms with Gasteiger partial charge in [-0.1, -0.05) is 19.9 Å². The van der Waals surface area contributed by atoms with Crippen LogP contribution in [0.1, 0.15) is 46.5 Å². The molecule has 0 atom stereocenters. The van der Waals surface area contributed by atoms with Crippen molar-refractivity contribution in [3.63, 3.8) is 0 Å². The monoisotopic (exact) mass is 226 g/mol. The molecule has 0 aliphatic carbocycles. The summed E-state index contributed by atoms with van der Waals surface area (Å²) >= 11 is 0. The molecule has 0 aromatic heterocycles. The number of carbonyl (C=O) groups excluding carboxylic acids is 1. The van der Waals surface area contributed by atoms with E-state index in [0.717, 1.165) is 19.4 Å². The summed E-state index contributed by atoms with van der Waals surface area (Å²) in [6.07, 6.45) is 6.40. The molecule has 16 heavy (non-hydrogen) atoms. The maximum Gasteiger partial charge on any atom is 0.244 e. The van der Waals surface area contributed by atoms with Crippen molar-refractivity contribution in [1.29, 1.82) is 0 Å². The summed E-state index contributed by atoms with van der Waals surface area (Å²) in [6.45, 7) is 9.65. The third-order valence-corrected chi connectivity index (χ3v) is 2.60. The number of nitrogens with zero attached hydrogens (tertiary/aromatic N) is 1. The largest absolute Gasteiger partial charge is 0.366 e. The second-order valence-electron chi connectivity index (χ2n) is 4.24. The molecule has 0 aromatic carbocycles. The highest BCUT2D eigenvalue weighted by atomic mass is 16.1. The third kappa shape index (κ3) is 7.46. The molecule has 0 saturated heterocycles. The van der Waals surface area contributed by atoms with Crippen LogP contribution in [0.5, 0.6) is 0 Å². The zero-order chi connectivity index (χ0) is 12.4. The fourth-order valence-corrected chi connectivity index (χ4v) is 1.70. The number of amides is 1. The zero-order valence-corrected chi connectivity index (χ0v) is 11.0. The molecule has 2 N–H and O–H groups in total. The summed E-state index contributed by atoms with van der Waals surface area (Å²) in [6, 6.07) is 0. The van der Waals surface area contributed by atoms with Crippen LogP contribution in [0.3, 0.4) is 0 Å². The molecule has 0 bridgehead atoms. The number of hydrogen-bond acceptors (Lipinski definition) is 2. The molecule has 0 heterocycles. The quantitative estimate of drug-likeness (QED) is 0.484. The van der Waals surface area contributed by atoms with E-state index in [0.29, 0.717) is 5.57 Å². The second kappa shape index (κ2) is 9.40. The first kappa shape index (κ1) is 15.2. The average Bonchev–Trinajstić information content (AvgIpc) is 2.24. The van der Waals surface area contributed by atoms with Crippen molar-refractivity contribution in [2.45, 2.75) is 46.5 Å². The highest BCUT2D eigenvalue weighted by Crippen LogP contribution is 2.02. The van der Waals surface area contributed by atoms with Crippen molar-refractivity contribution in [2.24, 2.45) is 5.73 Å². The van der Waals surface area contributed by atoms with Gasteiger partial charge >= 0.3 is 0 Å². The standard InChI is InChI=1S/C13H26N2O/c1-4-9-15(10-5-2)11-7-6-8-12(3)13(14)16/h8H,4-7,9-11H2,1-3H3,(H2,14,16). The number of hydrogen-bond donors (Lipinski definition) is 1. The van der Waals surface area contributed by atoms with Gasteiger partial charge in [-0.15, -0.1) is 0 Å². The highest BCUT2D eigenvalue weighted by molar-refractivity contribution is 5.91. The summed E-state index contributed by atoms with van der Waals surface area (Å²) in [4.78, 5) is 13.3. The number of carbonyl (C=O) groups is 1. The Morgan fingerprint density at radius 3 is 2.19 bits per heavy atom. The minimum Gasteiger partial charge on any atom is -0.366 e. The summed E-state index contributed by atoms with van der Waals surface area (Å²) in [5.74, 6) is -0.307. The average molecular weight is 226 g/mol. The Morgan fingerprint density at radius 2 is 1.75 bits per heavy atom. The van der Waals surface area contributed by atoms with Gasteiger partial charge in [0.2, 0.25) is 5.91 Å². The topological polar surface area (TPSA) is 46.3 Å². The molecule has 0 aliphatic heterocycles. The molecule has 0 unspecified atom stereocenters. The number of unbranched alkanes of at least 4 members (excludes halogenated alkanes) is 1. The second-order valence-corrected chi connectivity index (χ2v) is 4.24. The lowest BCUT2D eigenvalue weighted by Crippen LogP contribution is -2.26. The van der Waals surface area contributed by atoms with Crippen molar-refractivity contribution in [2.75, 3.05) is 19.6 Å². The number of primary amides is 1. The normalized spacial score (nSPS) is 12.1. The van der Waals surface area contributed by atoms with E-state index in [1.54, 1.807) is 6.92 Å². The Kier molecular flexibility index (Phi) is 8.91. The Morgan fingerprint density at radius 1 is 1.19 bits per heavy atom. The fourth-order valence-electron chi connectivity index (χ4n) is 1.70. The molecule has 3 nitrogen and oxygen atoms in total. The van der Waals surface area contributed by atoms with Crippen molar-refractivity contribution < 1.29 is 4.79 Å². The molecule has 1 amide bonds. The molecule has 0 fully saturated rings. The van der Waals surface area contributed by atoms with E-state index in [4.69, 9.17) is 5.73 Å². The first-order chi connectivity index (χ1) is 7.61. The zero-order valence-electron chi connectivity index (χ0n) is 11.0. The Labute approximate surface area is 99.7 Å². The predicted molar refractivity (Wildman–Crippen MR) is 69.2 cm³/mol. The van der Waals surface area contributed by atoms with Crippen molar-refractivity contribution >= 4 is 5.91 Å². The molecule has 0 spiro atoms. The van der Waals surface area contributed by atoms with Gasteiger partial charge in [0.1, 0.15) is 0 Å². The summed E-state index contributed by atoms with van der Waals surface area (Å²) < 4.78 is 0. The van der Waals surface area contributed by atoms with Crippen molar-refractivity contribution in [3.8, 4) is 0 Å². The molecule has 0 radical (unpaired) electrons. The molecule has 0 aromatic rings. The van der Waals surface area contributed by atoms with Crippen LogP contribution in [-0.2, 0) is 4.79 Å². The molecule has 0 saturated carbocycles. The van der Waals surface area contributed by atoms with Gasteiger partial charge in [0.05, 0.1) is 0 Å². The van der Waals surface area contributed by atoms with Crippen LogP contribution in [0.4, 0.5) is 0 Å². The van der Waals surface area contributed by atoms with Crippen LogP contribution in [0.2, 0.25) is 0 Å². The van der Waals surface area contributed by atoms with Gasteiger partial charge < -0.3 is 10.6 Å². The molecule has 3 heteroatoms. The van der Waals surface area contributed by atoms with E-state index in [1.165, 1.54) is 25.9 Å². The Hall–Kier alpha value is -0.830. The van der Waals surface area contributed by atoms with Crippen LogP contribution >= 0.6 is 0 Å². The molecular formula is C13H26N2O. The van der Waals surface area contributed by atoms with Gasteiger partial charge in [0.15, 0.2) is 0 Å². The van der Waals surface area contributed by atoms with Crippen LogP contribution in [0.25, 0.3) is 0 Å². The summed E-state index contributed by atoms with van der Waals surface area (Å²) in [5.41, 5.74) is 5.83. The lowest BCUT2D eigenvalue weighted by atomic mass is 10.2. The SMILES string of the molecule is CCCN(CCC)CCCC=C(C)C(N)=O. The minimum atomic E-state index is -0.307. The van der Waals surface area contributed by atoms with Gasteiger partial charge in [-0.3, -0.25) is 4.79 Å². The molecule has 0 rings (SSSR count). The Bertz CT molecular complexity index is 218. The smallest absolute Gasteiger partial charge is 0.244 e. The van der Waals surface area contributed by atoms with Gasteiger partial charge in [-0.05, 0) is 52.2 Å². The van der Waals surface area contributed by atoms with E-state index in [2.05, 4.69) is 18.7 Å². The lowest BCUT2D eigenvalue weighted by Gasteiger charge is -2.20. The maximum atomic E-state index is 10.8. The van der Waals surface area contributed by atoms with Crippen LogP contribution < -0.4 is 5.73 Å². The Balaban J connectivity index is 3.76. The van der Waals surface area contributed by atoms with E-state index in [9.17, 15) is 4.79 Å². The molecule has 0 aliphatic rings.